The van der Waals surface area contributed by atoms with Crippen LogP contribution in [-0.4, -0.2) is 108 Å². The van der Waals surface area contributed by atoms with Gasteiger partial charge in [-0.3, -0.25) is 19.6 Å². The number of anilines is 1. The van der Waals surface area contributed by atoms with Crippen molar-refractivity contribution in [1.82, 2.24) is 19.7 Å². The molecular weight excluding hydrogens is 580 g/mol. The van der Waals surface area contributed by atoms with E-state index in [1.807, 2.05) is 33.8 Å². The molecule has 1 aromatic carbocycles. The lowest BCUT2D eigenvalue weighted by atomic mass is 9.91. The third-order valence-electron chi connectivity index (χ3n) is 8.99. The first-order valence-corrected chi connectivity index (χ1v) is 15.9. The minimum Gasteiger partial charge on any atom is -0.444 e. The first kappa shape index (κ1) is 33.2. The molecule has 2 aromatic rings. The summed E-state index contributed by atoms with van der Waals surface area (Å²) < 4.78 is 39.3. The summed E-state index contributed by atoms with van der Waals surface area (Å²) in [4.78, 5) is 40.2. The molecule has 0 bridgehead atoms. The Bertz CT molecular complexity index is 1410. The van der Waals surface area contributed by atoms with Crippen molar-refractivity contribution in [2.45, 2.75) is 84.0 Å². The van der Waals surface area contributed by atoms with Gasteiger partial charge in [0.15, 0.2) is 0 Å². The smallest absolute Gasteiger partial charge is 0.410 e. The Kier molecular flexibility index (Phi) is 9.54. The van der Waals surface area contributed by atoms with E-state index in [4.69, 9.17) is 14.5 Å². The second-order valence-corrected chi connectivity index (χ2v) is 14.5. The number of carbonyl (C=O) groups is 2. The van der Waals surface area contributed by atoms with Crippen molar-refractivity contribution in [2.24, 2.45) is 0 Å². The second-order valence-electron chi connectivity index (χ2n) is 14.5. The third-order valence-corrected chi connectivity index (χ3v) is 8.99. The van der Waals surface area contributed by atoms with Crippen LogP contribution in [-0.2, 0) is 26.1 Å². The molecule has 9 nitrogen and oxygen atoms in total. The van der Waals surface area contributed by atoms with Gasteiger partial charge in [0.05, 0.1) is 31.1 Å². The number of nitrogens with zero attached hydrogens (tertiary/aromatic N) is 5. The Balaban J connectivity index is 1.37. The minimum absolute atomic E-state index is 0.0494. The van der Waals surface area contributed by atoms with Crippen LogP contribution in [0.5, 0.6) is 0 Å². The van der Waals surface area contributed by atoms with Gasteiger partial charge < -0.3 is 19.3 Å². The summed E-state index contributed by atoms with van der Waals surface area (Å²) in [6, 6.07) is 5.48. The van der Waals surface area contributed by atoms with Gasteiger partial charge in [0, 0.05) is 74.9 Å². The van der Waals surface area contributed by atoms with E-state index < -0.39 is 17.2 Å². The number of halogens is 2. The molecule has 45 heavy (non-hydrogen) atoms. The summed E-state index contributed by atoms with van der Waals surface area (Å²) in [7, 11) is 0. The number of morpholine rings is 1. The highest BCUT2D eigenvalue weighted by Crippen LogP contribution is 2.40. The van der Waals surface area contributed by atoms with Crippen LogP contribution in [0.3, 0.4) is 0 Å². The SMILES string of the molecule is CC1COCCN1C[C@H]1CN(C(=O)OC(C)(C)C)[C@H](C)CN1CC(=O)N1CC(C)(C)c2ncc(Cc3ccc(F)cc3F)cc21. The van der Waals surface area contributed by atoms with Crippen molar-refractivity contribution >= 4 is 17.7 Å². The molecule has 11 heteroatoms. The lowest BCUT2D eigenvalue weighted by Gasteiger charge is -2.47. The zero-order valence-electron chi connectivity index (χ0n) is 27.6. The van der Waals surface area contributed by atoms with Crippen LogP contribution in [0, 0.1) is 11.6 Å². The average molecular weight is 628 g/mol. The molecule has 0 saturated carbocycles. The number of rotatable bonds is 6. The Morgan fingerprint density at radius 2 is 1.84 bits per heavy atom. The predicted octanol–water partition coefficient (Wildman–Crippen LogP) is 4.61. The zero-order valence-corrected chi connectivity index (χ0v) is 27.6. The quantitative estimate of drug-likeness (QED) is 0.463. The lowest BCUT2D eigenvalue weighted by molar-refractivity contribution is -0.121. The van der Waals surface area contributed by atoms with Gasteiger partial charge in [-0.25, -0.2) is 13.6 Å². The van der Waals surface area contributed by atoms with E-state index in [2.05, 4.69) is 30.6 Å². The van der Waals surface area contributed by atoms with Crippen molar-refractivity contribution in [1.29, 1.82) is 0 Å². The first-order valence-electron chi connectivity index (χ1n) is 15.9. The molecule has 0 aliphatic carbocycles. The fourth-order valence-electron chi connectivity index (χ4n) is 6.60. The predicted molar refractivity (Wildman–Crippen MR) is 168 cm³/mol. The summed E-state index contributed by atoms with van der Waals surface area (Å²) in [5, 5.41) is 0. The molecule has 0 radical (unpaired) electrons. The lowest BCUT2D eigenvalue weighted by Crippen LogP contribution is -2.64. The number of amides is 2. The highest BCUT2D eigenvalue weighted by molar-refractivity contribution is 5.97. The van der Waals surface area contributed by atoms with Gasteiger partial charge in [0.1, 0.15) is 17.2 Å². The standard InChI is InChI=1S/C34H47F2N5O4/c1-22-16-39(27(17-38-10-11-44-20-23(38)2)18-40(22)32(43)45-33(3,4)5)19-30(42)41-21-34(6,7)31-29(41)13-24(15-37-31)12-25-8-9-26(35)14-28(25)36/h8-9,13-15,22-23,27H,10-12,16-21H2,1-7H3/t22-,23?,27+/m1/s1. The maximum atomic E-state index is 14.4. The topological polar surface area (TPSA) is 78.5 Å². The highest BCUT2D eigenvalue weighted by Gasteiger charge is 2.43. The van der Waals surface area contributed by atoms with Crippen LogP contribution < -0.4 is 4.90 Å². The van der Waals surface area contributed by atoms with Crippen molar-refractivity contribution in [3.63, 3.8) is 0 Å². The van der Waals surface area contributed by atoms with E-state index in [-0.39, 0.29) is 48.5 Å². The molecule has 1 aromatic heterocycles. The number of hydrogen-bond donors (Lipinski definition) is 0. The maximum Gasteiger partial charge on any atom is 0.410 e. The van der Waals surface area contributed by atoms with Crippen molar-refractivity contribution in [3.05, 3.63) is 58.9 Å². The van der Waals surface area contributed by atoms with Gasteiger partial charge in [-0.2, -0.15) is 0 Å². The van der Waals surface area contributed by atoms with Crippen molar-refractivity contribution in [3.8, 4) is 0 Å². The number of hydrogen-bond acceptors (Lipinski definition) is 7. The molecular formula is C34H47F2N5O4. The molecule has 3 aliphatic heterocycles. The number of fused-ring (bicyclic) bond motifs is 1. The van der Waals surface area contributed by atoms with Gasteiger partial charge >= 0.3 is 6.09 Å². The molecule has 0 N–H and O–H groups in total. The molecule has 246 valence electrons. The Morgan fingerprint density at radius 3 is 2.53 bits per heavy atom. The minimum atomic E-state index is -0.621. The van der Waals surface area contributed by atoms with Crippen LogP contribution in [0.25, 0.3) is 0 Å². The summed E-state index contributed by atoms with van der Waals surface area (Å²) in [6.45, 7) is 18.3. The van der Waals surface area contributed by atoms with Crippen LogP contribution in [0.2, 0.25) is 0 Å². The van der Waals surface area contributed by atoms with Crippen LogP contribution in [0.4, 0.5) is 19.3 Å². The Morgan fingerprint density at radius 1 is 1.09 bits per heavy atom. The van der Waals surface area contributed by atoms with E-state index in [1.54, 1.807) is 16.0 Å². The van der Waals surface area contributed by atoms with Gasteiger partial charge in [-0.05, 0) is 57.9 Å². The van der Waals surface area contributed by atoms with Crippen molar-refractivity contribution in [2.75, 3.05) is 57.4 Å². The van der Waals surface area contributed by atoms with E-state index >= 15 is 0 Å². The van der Waals surface area contributed by atoms with E-state index in [9.17, 15) is 18.4 Å². The summed E-state index contributed by atoms with van der Waals surface area (Å²) in [6.07, 6.45) is 1.61. The molecule has 2 fully saturated rings. The Hall–Kier alpha value is -3.15. The second kappa shape index (κ2) is 12.9. The normalized spacial score (nSPS) is 24.1. The van der Waals surface area contributed by atoms with Gasteiger partial charge in [0.25, 0.3) is 0 Å². The van der Waals surface area contributed by atoms with Crippen LogP contribution >= 0.6 is 0 Å². The number of benzene rings is 1. The first-order chi connectivity index (χ1) is 21.1. The maximum absolute atomic E-state index is 14.4. The molecule has 1 unspecified atom stereocenters. The molecule has 2 saturated heterocycles. The fraction of sp³-hybridized carbons (Fsp3) is 0.618. The highest BCUT2D eigenvalue weighted by atomic mass is 19.1. The van der Waals surface area contributed by atoms with Crippen LogP contribution in [0.15, 0.2) is 30.5 Å². The summed E-state index contributed by atoms with van der Waals surface area (Å²) >= 11 is 0. The van der Waals surface area contributed by atoms with E-state index in [0.717, 1.165) is 29.6 Å². The third kappa shape index (κ3) is 7.64. The van der Waals surface area contributed by atoms with E-state index in [0.29, 0.717) is 45.0 Å². The van der Waals surface area contributed by atoms with Crippen LogP contribution in [0.1, 0.15) is 65.3 Å². The zero-order chi connectivity index (χ0) is 32.7. The number of carbonyl (C=O) groups excluding carboxylic acids is 2. The fourth-order valence-corrected chi connectivity index (χ4v) is 6.60. The van der Waals surface area contributed by atoms with Gasteiger partial charge in [-0.1, -0.05) is 19.9 Å². The van der Waals surface area contributed by atoms with Gasteiger partial charge in [0.2, 0.25) is 5.91 Å². The molecule has 3 atom stereocenters. The average Bonchev–Trinajstić information content (AvgIpc) is 3.21. The summed E-state index contributed by atoms with van der Waals surface area (Å²) in [5.74, 6) is -1.28. The molecule has 0 spiro atoms. The summed E-state index contributed by atoms with van der Waals surface area (Å²) in [5.41, 5.74) is 1.68. The monoisotopic (exact) mass is 627 g/mol. The Labute approximate surface area is 265 Å². The molecule has 2 amide bonds. The number of piperazine rings is 1. The molecule has 5 rings (SSSR count). The number of ether oxygens (including phenoxy) is 2. The number of aromatic nitrogens is 1. The van der Waals surface area contributed by atoms with E-state index in [1.165, 1.54) is 12.1 Å². The molecule has 3 aliphatic rings. The number of pyridine rings is 1. The van der Waals surface area contributed by atoms with Gasteiger partial charge in [-0.15, -0.1) is 0 Å². The largest absolute Gasteiger partial charge is 0.444 e. The molecule has 4 heterocycles. The van der Waals surface area contributed by atoms with Crippen molar-refractivity contribution < 1.29 is 27.8 Å².